The van der Waals surface area contributed by atoms with Gasteiger partial charge in [0.25, 0.3) is 0 Å². The van der Waals surface area contributed by atoms with Gasteiger partial charge in [-0.3, -0.25) is 0 Å². The third kappa shape index (κ3) is 5.54. The zero-order valence-corrected chi connectivity index (χ0v) is 7.84. The monoisotopic (exact) mass is 170 g/mol. The molecule has 12 heavy (non-hydrogen) atoms. The van der Waals surface area contributed by atoms with Gasteiger partial charge in [-0.15, -0.1) is 0 Å². The van der Waals surface area contributed by atoms with E-state index in [9.17, 15) is 4.79 Å². The van der Waals surface area contributed by atoms with Gasteiger partial charge >= 0.3 is 6.09 Å². The van der Waals surface area contributed by atoms with Crippen LogP contribution < -0.4 is 5.32 Å². The molecular formula is C8H14N2O2. The van der Waals surface area contributed by atoms with E-state index in [0.29, 0.717) is 0 Å². The number of carbonyl (C=O) groups excluding carboxylic acids is 1. The molecule has 0 saturated carbocycles. The molecule has 1 N–H and O–H groups in total. The molecule has 0 aromatic heterocycles. The predicted molar refractivity (Wildman–Crippen MR) is 44.4 cm³/mol. The van der Waals surface area contributed by atoms with Crippen molar-refractivity contribution >= 4 is 6.09 Å². The van der Waals surface area contributed by atoms with Crippen LogP contribution in [0.25, 0.3) is 0 Å². The van der Waals surface area contributed by atoms with E-state index in [2.05, 4.69) is 5.32 Å². The maximum atomic E-state index is 10.9. The highest BCUT2D eigenvalue weighted by Gasteiger charge is 2.16. The lowest BCUT2D eigenvalue weighted by molar-refractivity contribution is 0.0519. The molecule has 0 heterocycles. The average molecular weight is 170 g/mol. The molecule has 0 aliphatic heterocycles. The average Bonchev–Trinajstić information content (AvgIpc) is 1.82. The fourth-order valence-electron chi connectivity index (χ4n) is 0.517. The Hall–Kier alpha value is -1.24. The first-order valence-corrected chi connectivity index (χ1v) is 3.74. The SMILES string of the molecule is CC(C#N)NC(=O)OC(C)(C)C. The lowest BCUT2D eigenvalue weighted by Gasteiger charge is -2.20. The highest BCUT2D eigenvalue weighted by Crippen LogP contribution is 2.06. The number of hydrogen-bond acceptors (Lipinski definition) is 3. The molecule has 0 aliphatic rings. The van der Waals surface area contributed by atoms with Crippen molar-refractivity contribution in [3.05, 3.63) is 0 Å². The molecule has 0 saturated heterocycles. The second-order valence-corrected chi connectivity index (χ2v) is 3.50. The van der Waals surface area contributed by atoms with Crippen molar-refractivity contribution < 1.29 is 9.53 Å². The number of carbonyl (C=O) groups is 1. The smallest absolute Gasteiger partial charge is 0.408 e. The minimum Gasteiger partial charge on any atom is -0.444 e. The van der Waals surface area contributed by atoms with E-state index < -0.39 is 17.7 Å². The van der Waals surface area contributed by atoms with Crippen molar-refractivity contribution in [3.63, 3.8) is 0 Å². The van der Waals surface area contributed by atoms with Crippen LogP contribution in [0.4, 0.5) is 4.79 Å². The first kappa shape index (κ1) is 10.8. The molecule has 0 bridgehead atoms. The number of alkyl carbamates (subject to hydrolysis) is 1. The summed E-state index contributed by atoms with van der Waals surface area (Å²) in [6.07, 6.45) is -0.559. The van der Waals surface area contributed by atoms with E-state index in [-0.39, 0.29) is 0 Å². The second kappa shape index (κ2) is 3.96. The number of nitrogens with one attached hydrogen (secondary N) is 1. The Balaban J connectivity index is 3.85. The largest absolute Gasteiger partial charge is 0.444 e. The van der Waals surface area contributed by atoms with Crippen LogP contribution in [0.3, 0.4) is 0 Å². The van der Waals surface area contributed by atoms with E-state index in [0.717, 1.165) is 0 Å². The van der Waals surface area contributed by atoms with Gasteiger partial charge in [0.05, 0.1) is 6.07 Å². The van der Waals surface area contributed by atoms with Crippen molar-refractivity contribution in [3.8, 4) is 6.07 Å². The number of rotatable bonds is 1. The van der Waals surface area contributed by atoms with Gasteiger partial charge in [0.15, 0.2) is 0 Å². The van der Waals surface area contributed by atoms with Crippen LogP contribution in [-0.4, -0.2) is 17.7 Å². The van der Waals surface area contributed by atoms with E-state index in [4.69, 9.17) is 10.00 Å². The molecule has 0 aromatic rings. The molecule has 0 fully saturated rings. The predicted octanol–water partition coefficient (Wildman–Crippen LogP) is 1.42. The summed E-state index contributed by atoms with van der Waals surface area (Å²) in [5.74, 6) is 0. The van der Waals surface area contributed by atoms with Gasteiger partial charge in [0, 0.05) is 0 Å². The Morgan fingerprint density at radius 1 is 1.58 bits per heavy atom. The summed E-state index contributed by atoms with van der Waals surface area (Å²) in [6, 6.07) is 1.36. The molecule has 4 nitrogen and oxygen atoms in total. The Bertz CT molecular complexity index is 200. The zero-order chi connectivity index (χ0) is 9.78. The minimum absolute atomic E-state index is 0.514. The van der Waals surface area contributed by atoms with Gasteiger partial charge in [0.1, 0.15) is 11.6 Å². The van der Waals surface area contributed by atoms with Gasteiger partial charge in [-0.1, -0.05) is 0 Å². The summed E-state index contributed by atoms with van der Waals surface area (Å²) in [7, 11) is 0. The molecule has 0 rings (SSSR count). The minimum atomic E-state index is -0.559. The van der Waals surface area contributed by atoms with E-state index in [1.54, 1.807) is 27.7 Å². The van der Waals surface area contributed by atoms with Gasteiger partial charge in [-0.05, 0) is 27.7 Å². The Labute approximate surface area is 72.5 Å². The van der Waals surface area contributed by atoms with Crippen molar-refractivity contribution in [2.45, 2.75) is 39.3 Å². The Morgan fingerprint density at radius 3 is 2.42 bits per heavy atom. The van der Waals surface area contributed by atoms with Crippen molar-refractivity contribution in [1.29, 1.82) is 5.26 Å². The summed E-state index contributed by atoms with van der Waals surface area (Å²) in [4.78, 5) is 10.9. The fourth-order valence-corrected chi connectivity index (χ4v) is 0.517. The first-order chi connectivity index (χ1) is 5.35. The Kier molecular flexibility index (Phi) is 3.55. The van der Waals surface area contributed by atoms with Gasteiger partial charge < -0.3 is 10.1 Å². The van der Waals surface area contributed by atoms with Crippen LogP contribution in [-0.2, 0) is 4.74 Å². The van der Waals surface area contributed by atoms with Crippen molar-refractivity contribution in [1.82, 2.24) is 5.32 Å². The number of ether oxygens (including phenoxy) is 1. The molecule has 0 aromatic carbocycles. The molecule has 1 atom stereocenters. The van der Waals surface area contributed by atoms with E-state index in [1.165, 1.54) is 0 Å². The van der Waals surface area contributed by atoms with Crippen LogP contribution in [0.1, 0.15) is 27.7 Å². The van der Waals surface area contributed by atoms with Crippen LogP contribution >= 0.6 is 0 Å². The van der Waals surface area contributed by atoms with Crippen LogP contribution in [0, 0.1) is 11.3 Å². The van der Waals surface area contributed by atoms with E-state index in [1.807, 2.05) is 6.07 Å². The molecule has 0 aliphatic carbocycles. The summed E-state index contributed by atoms with van der Waals surface area (Å²) >= 11 is 0. The molecule has 0 radical (unpaired) electrons. The van der Waals surface area contributed by atoms with Crippen LogP contribution in [0.2, 0.25) is 0 Å². The quantitative estimate of drug-likeness (QED) is 0.647. The normalized spacial score (nSPS) is 12.9. The van der Waals surface area contributed by atoms with Crippen molar-refractivity contribution in [2.24, 2.45) is 0 Å². The Morgan fingerprint density at radius 2 is 2.08 bits per heavy atom. The van der Waals surface area contributed by atoms with E-state index >= 15 is 0 Å². The van der Waals surface area contributed by atoms with Crippen molar-refractivity contribution in [2.75, 3.05) is 0 Å². The standard InChI is InChI=1S/C8H14N2O2/c1-6(5-9)10-7(11)12-8(2,3)4/h6H,1-4H3,(H,10,11). The molecule has 0 spiro atoms. The highest BCUT2D eigenvalue weighted by atomic mass is 16.6. The molecule has 4 heteroatoms. The number of hydrogen-bond donors (Lipinski definition) is 1. The first-order valence-electron chi connectivity index (χ1n) is 3.74. The third-order valence-electron chi connectivity index (χ3n) is 0.927. The van der Waals surface area contributed by atoms with Crippen LogP contribution in [0.5, 0.6) is 0 Å². The molecule has 1 unspecified atom stereocenters. The molecular weight excluding hydrogens is 156 g/mol. The number of nitrogens with zero attached hydrogens (tertiary/aromatic N) is 1. The summed E-state index contributed by atoms with van der Waals surface area (Å²) in [5, 5.41) is 10.7. The number of nitriles is 1. The fraction of sp³-hybridized carbons (Fsp3) is 0.750. The second-order valence-electron chi connectivity index (χ2n) is 3.50. The summed E-state index contributed by atoms with van der Waals surface area (Å²) in [5.41, 5.74) is -0.515. The highest BCUT2D eigenvalue weighted by molar-refractivity contribution is 5.68. The topological polar surface area (TPSA) is 62.1 Å². The number of amides is 1. The maximum absolute atomic E-state index is 10.9. The third-order valence-corrected chi connectivity index (χ3v) is 0.927. The van der Waals surface area contributed by atoms with Gasteiger partial charge in [-0.25, -0.2) is 4.79 Å². The zero-order valence-electron chi connectivity index (χ0n) is 7.84. The van der Waals surface area contributed by atoms with Gasteiger partial charge in [-0.2, -0.15) is 5.26 Å². The van der Waals surface area contributed by atoms with Gasteiger partial charge in [0.2, 0.25) is 0 Å². The summed E-state index contributed by atoms with van der Waals surface area (Å²) < 4.78 is 4.91. The molecule has 68 valence electrons. The van der Waals surface area contributed by atoms with Crippen LogP contribution in [0.15, 0.2) is 0 Å². The molecule has 1 amide bonds. The maximum Gasteiger partial charge on any atom is 0.408 e. The lowest BCUT2D eigenvalue weighted by Crippen LogP contribution is -2.36. The summed E-state index contributed by atoms with van der Waals surface area (Å²) in [6.45, 7) is 6.89. The lowest BCUT2D eigenvalue weighted by atomic mass is 10.2.